The van der Waals surface area contributed by atoms with Gasteiger partial charge >= 0.3 is 0 Å². The highest BCUT2D eigenvalue weighted by Crippen LogP contribution is 2.35. The average molecular weight is 347 g/mol. The molecule has 0 spiro atoms. The second-order valence-electron chi connectivity index (χ2n) is 6.53. The van der Waals surface area contributed by atoms with Crippen molar-refractivity contribution in [1.82, 2.24) is 15.1 Å². The summed E-state index contributed by atoms with van der Waals surface area (Å²) in [5.41, 5.74) is 4.31. The molecule has 0 aliphatic carbocycles. The highest BCUT2D eigenvalue weighted by molar-refractivity contribution is 7.91. The molecule has 1 N–H and O–H groups in total. The van der Waals surface area contributed by atoms with Gasteiger partial charge in [0.2, 0.25) is 0 Å². The summed E-state index contributed by atoms with van der Waals surface area (Å²) in [6.07, 6.45) is 1.53. The molecule has 0 unspecified atom stereocenters. The van der Waals surface area contributed by atoms with Gasteiger partial charge in [0.1, 0.15) is 0 Å². The Bertz CT molecular complexity index is 855. The van der Waals surface area contributed by atoms with Gasteiger partial charge in [-0.05, 0) is 38.3 Å². The number of hydrogen-bond acceptors (Lipinski definition) is 4. The molecule has 5 nitrogen and oxygen atoms in total. The summed E-state index contributed by atoms with van der Waals surface area (Å²) in [5.74, 6) is 0.198. The topological polar surface area (TPSA) is 64.0 Å². The minimum atomic E-state index is -3.15. The largest absolute Gasteiger partial charge is 0.303 e. The first-order chi connectivity index (χ1) is 11.3. The molecule has 0 fully saturated rings. The van der Waals surface area contributed by atoms with Crippen LogP contribution in [0, 0.1) is 13.8 Å². The molecule has 2 heterocycles. The van der Waals surface area contributed by atoms with Gasteiger partial charge in [-0.2, -0.15) is 5.10 Å². The van der Waals surface area contributed by atoms with Crippen LogP contribution in [0.1, 0.15) is 54.4 Å². The lowest BCUT2D eigenvalue weighted by Crippen LogP contribution is -2.32. The zero-order valence-corrected chi connectivity index (χ0v) is 15.5. The minimum Gasteiger partial charge on any atom is -0.303 e. The van der Waals surface area contributed by atoms with Crippen molar-refractivity contribution in [2.24, 2.45) is 7.05 Å². The molecule has 1 aromatic heterocycles. The number of benzene rings is 1. The van der Waals surface area contributed by atoms with Crippen LogP contribution in [0.2, 0.25) is 0 Å². The molecule has 0 saturated heterocycles. The molecule has 0 radical (unpaired) electrons. The Balaban J connectivity index is 1.95. The second kappa shape index (κ2) is 6.33. The summed E-state index contributed by atoms with van der Waals surface area (Å²) in [4.78, 5) is 0.475. The Labute approximate surface area is 144 Å². The quantitative estimate of drug-likeness (QED) is 0.923. The van der Waals surface area contributed by atoms with Crippen LogP contribution in [0.5, 0.6) is 0 Å². The Hall–Kier alpha value is -1.66. The average Bonchev–Trinajstić information content (AvgIpc) is 2.80. The molecule has 0 bridgehead atoms. The number of fused-ring (bicyclic) bond motifs is 1. The van der Waals surface area contributed by atoms with E-state index in [-0.39, 0.29) is 17.8 Å². The maximum atomic E-state index is 12.3. The van der Waals surface area contributed by atoms with E-state index in [0.717, 1.165) is 23.4 Å². The number of aryl methyl sites for hydroxylation is 2. The van der Waals surface area contributed by atoms with Crippen molar-refractivity contribution in [3.05, 3.63) is 46.8 Å². The van der Waals surface area contributed by atoms with Crippen molar-refractivity contribution >= 4 is 9.84 Å². The van der Waals surface area contributed by atoms with Crippen LogP contribution in [0.15, 0.2) is 29.2 Å². The molecule has 1 aliphatic rings. The van der Waals surface area contributed by atoms with Gasteiger partial charge in [-0.25, -0.2) is 8.42 Å². The van der Waals surface area contributed by atoms with Gasteiger partial charge < -0.3 is 5.32 Å². The highest BCUT2D eigenvalue weighted by Gasteiger charge is 2.32. The number of nitrogens with one attached hydrogen (secondary N) is 1. The van der Waals surface area contributed by atoms with Gasteiger partial charge in [-0.15, -0.1) is 0 Å². The third-order valence-electron chi connectivity index (χ3n) is 5.03. The van der Waals surface area contributed by atoms with Gasteiger partial charge in [-0.1, -0.05) is 25.1 Å². The molecule has 0 saturated carbocycles. The number of aromatic nitrogens is 2. The van der Waals surface area contributed by atoms with Crippen molar-refractivity contribution in [2.45, 2.75) is 50.6 Å². The van der Waals surface area contributed by atoms with E-state index in [1.54, 1.807) is 12.1 Å². The van der Waals surface area contributed by atoms with Gasteiger partial charge in [0, 0.05) is 30.4 Å². The number of nitrogens with zero attached hydrogens (tertiary/aromatic N) is 2. The number of rotatable bonds is 4. The van der Waals surface area contributed by atoms with Crippen LogP contribution >= 0.6 is 0 Å². The summed E-state index contributed by atoms with van der Waals surface area (Å²) in [6.45, 7) is 6.26. The fourth-order valence-electron chi connectivity index (χ4n) is 3.71. The maximum Gasteiger partial charge on any atom is 0.178 e. The first kappa shape index (κ1) is 17.2. The summed E-state index contributed by atoms with van der Waals surface area (Å²) in [7, 11) is -1.19. The zero-order valence-electron chi connectivity index (χ0n) is 14.7. The van der Waals surface area contributed by atoms with E-state index in [4.69, 9.17) is 0 Å². The zero-order chi connectivity index (χ0) is 17.5. The van der Waals surface area contributed by atoms with E-state index in [0.29, 0.717) is 11.3 Å². The van der Waals surface area contributed by atoms with Crippen LogP contribution in [-0.2, 0) is 16.9 Å². The van der Waals surface area contributed by atoms with Gasteiger partial charge in [0.05, 0.1) is 16.3 Å². The first-order valence-electron chi connectivity index (χ1n) is 8.43. The van der Waals surface area contributed by atoms with Crippen molar-refractivity contribution in [2.75, 3.05) is 5.75 Å². The molecule has 2 aromatic rings. The maximum absolute atomic E-state index is 12.3. The van der Waals surface area contributed by atoms with Crippen molar-refractivity contribution < 1.29 is 8.42 Å². The van der Waals surface area contributed by atoms with Crippen LogP contribution in [-0.4, -0.2) is 24.0 Å². The third kappa shape index (κ3) is 2.89. The SMILES string of the molecule is CC[C@@H](N[C@@H]1CCS(=O)(=O)c2ccccc21)c1c(C)nn(C)c1C. The predicted octanol–water partition coefficient (Wildman–Crippen LogP) is 3.00. The first-order valence-corrected chi connectivity index (χ1v) is 10.1. The smallest absolute Gasteiger partial charge is 0.178 e. The molecule has 24 heavy (non-hydrogen) atoms. The van der Waals surface area contributed by atoms with E-state index in [9.17, 15) is 8.42 Å². The fourth-order valence-corrected chi connectivity index (χ4v) is 5.33. The standard InChI is InChI=1S/C18H25N3O2S/c1-5-15(18-12(2)20-21(4)13(18)3)19-16-10-11-24(22,23)17-9-7-6-8-14(16)17/h6-9,15-16,19H,5,10-11H2,1-4H3/t15-,16-/m1/s1. The lowest BCUT2D eigenvalue weighted by Gasteiger charge is -2.30. The normalized spacial score (nSPS) is 20.6. The van der Waals surface area contributed by atoms with E-state index in [1.807, 2.05) is 30.8 Å². The molecule has 3 rings (SSSR count). The molecule has 130 valence electrons. The molecular weight excluding hydrogens is 322 g/mol. The predicted molar refractivity (Wildman–Crippen MR) is 94.7 cm³/mol. The summed E-state index contributed by atoms with van der Waals surface area (Å²) in [6, 6.07) is 7.58. The van der Waals surface area contributed by atoms with E-state index in [2.05, 4.69) is 24.3 Å². The van der Waals surface area contributed by atoms with Crippen LogP contribution in [0.25, 0.3) is 0 Å². The monoisotopic (exact) mass is 347 g/mol. The van der Waals surface area contributed by atoms with Crippen LogP contribution < -0.4 is 5.32 Å². The van der Waals surface area contributed by atoms with E-state index >= 15 is 0 Å². The molecule has 6 heteroatoms. The van der Waals surface area contributed by atoms with Crippen molar-refractivity contribution in [1.29, 1.82) is 0 Å². The highest BCUT2D eigenvalue weighted by atomic mass is 32.2. The third-order valence-corrected chi connectivity index (χ3v) is 6.84. The Kier molecular flexibility index (Phi) is 4.53. The van der Waals surface area contributed by atoms with Crippen LogP contribution in [0.3, 0.4) is 0 Å². The second-order valence-corrected chi connectivity index (χ2v) is 8.61. The van der Waals surface area contributed by atoms with Crippen molar-refractivity contribution in [3.63, 3.8) is 0 Å². The minimum absolute atomic E-state index is 0.0497. The van der Waals surface area contributed by atoms with Crippen LogP contribution in [0.4, 0.5) is 0 Å². The van der Waals surface area contributed by atoms with Crippen molar-refractivity contribution in [3.8, 4) is 0 Å². The molecule has 0 amide bonds. The Morgan fingerprint density at radius 1 is 1.33 bits per heavy atom. The summed E-state index contributed by atoms with van der Waals surface area (Å²) < 4.78 is 26.5. The fraction of sp³-hybridized carbons (Fsp3) is 0.500. The molecular formula is C18H25N3O2S. The van der Waals surface area contributed by atoms with Gasteiger partial charge in [0.25, 0.3) is 0 Å². The van der Waals surface area contributed by atoms with Gasteiger partial charge in [-0.3, -0.25) is 4.68 Å². The number of hydrogen-bond donors (Lipinski definition) is 1. The summed E-state index contributed by atoms with van der Waals surface area (Å²) in [5, 5.41) is 8.21. The molecule has 1 aromatic carbocycles. The molecule has 2 atom stereocenters. The lowest BCUT2D eigenvalue weighted by atomic mass is 9.97. The van der Waals surface area contributed by atoms with E-state index in [1.165, 1.54) is 5.56 Å². The lowest BCUT2D eigenvalue weighted by molar-refractivity contribution is 0.412. The number of sulfone groups is 1. The Morgan fingerprint density at radius 3 is 2.67 bits per heavy atom. The van der Waals surface area contributed by atoms with Gasteiger partial charge in [0.15, 0.2) is 9.84 Å². The van der Waals surface area contributed by atoms with E-state index < -0.39 is 9.84 Å². The summed E-state index contributed by atoms with van der Waals surface area (Å²) >= 11 is 0. The molecule has 1 aliphatic heterocycles. The Morgan fingerprint density at radius 2 is 2.04 bits per heavy atom.